The SMILES string of the molecule is CC[C@@H](C(=O)NC)N(Cc1ccc(OC)cc1)C(=O)CN(c1ccc(Cl)c(Cl)c1)S(=O)(=O)c1ccccc1. The summed E-state index contributed by atoms with van der Waals surface area (Å²) in [6.45, 7) is 1.29. The van der Waals surface area contributed by atoms with E-state index in [4.69, 9.17) is 27.9 Å². The monoisotopic (exact) mass is 577 g/mol. The molecule has 0 aliphatic heterocycles. The second kappa shape index (κ2) is 13.0. The lowest BCUT2D eigenvalue weighted by molar-refractivity contribution is -0.140. The van der Waals surface area contributed by atoms with Gasteiger partial charge < -0.3 is 15.0 Å². The van der Waals surface area contributed by atoms with Crippen molar-refractivity contribution in [1.82, 2.24) is 10.2 Å². The predicted molar refractivity (Wildman–Crippen MR) is 149 cm³/mol. The highest BCUT2D eigenvalue weighted by molar-refractivity contribution is 7.92. The number of hydrogen-bond acceptors (Lipinski definition) is 5. The van der Waals surface area contributed by atoms with Crippen molar-refractivity contribution in [2.75, 3.05) is 25.0 Å². The summed E-state index contributed by atoms with van der Waals surface area (Å²) in [7, 11) is -1.15. The number of amides is 2. The molecule has 0 aliphatic carbocycles. The van der Waals surface area contributed by atoms with Crippen LogP contribution in [0.5, 0.6) is 5.75 Å². The quantitative estimate of drug-likeness (QED) is 0.354. The minimum Gasteiger partial charge on any atom is -0.497 e. The molecular weight excluding hydrogens is 549 g/mol. The van der Waals surface area contributed by atoms with E-state index < -0.39 is 28.5 Å². The Morgan fingerprint density at radius 2 is 1.63 bits per heavy atom. The highest BCUT2D eigenvalue weighted by atomic mass is 35.5. The number of methoxy groups -OCH3 is 1. The molecule has 3 rings (SSSR count). The van der Waals surface area contributed by atoms with Crippen molar-refractivity contribution in [2.24, 2.45) is 0 Å². The van der Waals surface area contributed by atoms with Gasteiger partial charge in [-0.25, -0.2) is 8.42 Å². The molecule has 3 aromatic rings. The third-order valence-electron chi connectivity index (χ3n) is 5.95. The number of halogens is 2. The van der Waals surface area contributed by atoms with Crippen molar-refractivity contribution < 1.29 is 22.7 Å². The molecule has 0 spiro atoms. The Bertz CT molecular complexity index is 1370. The number of anilines is 1. The minimum atomic E-state index is -4.19. The second-order valence-corrected chi connectivity index (χ2v) is 11.0. The van der Waals surface area contributed by atoms with Gasteiger partial charge in [0.25, 0.3) is 10.0 Å². The largest absolute Gasteiger partial charge is 0.497 e. The van der Waals surface area contributed by atoms with Crippen LogP contribution in [-0.4, -0.2) is 51.9 Å². The Morgan fingerprint density at radius 1 is 0.974 bits per heavy atom. The molecule has 2 amide bonds. The molecule has 0 aliphatic rings. The molecule has 0 saturated carbocycles. The fraction of sp³-hybridized carbons (Fsp3) is 0.259. The molecule has 0 radical (unpaired) electrons. The molecule has 0 aromatic heterocycles. The van der Waals surface area contributed by atoms with Gasteiger partial charge in [-0.1, -0.05) is 60.5 Å². The van der Waals surface area contributed by atoms with E-state index in [1.165, 1.54) is 42.3 Å². The number of hydrogen-bond donors (Lipinski definition) is 1. The molecule has 8 nitrogen and oxygen atoms in total. The van der Waals surface area contributed by atoms with E-state index in [1.807, 2.05) is 0 Å². The first-order chi connectivity index (χ1) is 18.1. The maximum atomic E-state index is 13.9. The second-order valence-electron chi connectivity index (χ2n) is 8.33. The van der Waals surface area contributed by atoms with Crippen LogP contribution < -0.4 is 14.4 Å². The summed E-state index contributed by atoms with van der Waals surface area (Å²) < 4.78 is 33.6. The lowest BCUT2D eigenvalue weighted by Gasteiger charge is -2.33. The average molecular weight is 579 g/mol. The standard InChI is InChI=1S/C27H29Cl2N3O5S/c1-4-25(27(34)30-2)31(17-19-10-13-21(37-3)14-11-19)26(33)18-32(20-12-15-23(28)24(29)16-20)38(35,36)22-8-6-5-7-9-22/h5-16,25H,4,17-18H2,1-3H3,(H,30,34)/t25-/m0/s1. The Hall–Kier alpha value is -3.27. The number of rotatable bonds is 11. The van der Waals surface area contributed by atoms with Gasteiger partial charge in [0, 0.05) is 13.6 Å². The zero-order valence-electron chi connectivity index (χ0n) is 21.2. The lowest BCUT2D eigenvalue weighted by atomic mass is 10.1. The number of carbonyl (C=O) groups is 2. The van der Waals surface area contributed by atoms with Gasteiger partial charge in [-0.05, 0) is 54.4 Å². The summed E-state index contributed by atoms with van der Waals surface area (Å²) in [6.07, 6.45) is 0.319. The van der Waals surface area contributed by atoms with Gasteiger partial charge in [0.2, 0.25) is 11.8 Å². The first kappa shape index (κ1) is 29.3. The number of nitrogens with one attached hydrogen (secondary N) is 1. The molecule has 11 heteroatoms. The summed E-state index contributed by atoms with van der Waals surface area (Å²) in [5.41, 5.74) is 0.905. The number of nitrogens with zero attached hydrogens (tertiary/aromatic N) is 2. The van der Waals surface area contributed by atoms with Crippen molar-refractivity contribution in [2.45, 2.75) is 30.8 Å². The van der Waals surface area contributed by atoms with Gasteiger partial charge >= 0.3 is 0 Å². The first-order valence-electron chi connectivity index (χ1n) is 11.8. The Labute approximate surface area is 233 Å². The zero-order valence-corrected chi connectivity index (χ0v) is 23.6. The van der Waals surface area contributed by atoms with Gasteiger partial charge in [0.15, 0.2) is 0 Å². The number of carbonyl (C=O) groups excluding carboxylic acids is 2. The summed E-state index contributed by atoms with van der Waals surface area (Å²) in [4.78, 5) is 28.0. The van der Waals surface area contributed by atoms with E-state index in [0.717, 1.165) is 9.87 Å². The van der Waals surface area contributed by atoms with E-state index in [1.54, 1.807) is 56.5 Å². The molecule has 1 N–H and O–H groups in total. The van der Waals surface area contributed by atoms with Gasteiger partial charge in [0.05, 0.1) is 27.7 Å². The predicted octanol–water partition coefficient (Wildman–Crippen LogP) is 4.75. The number of sulfonamides is 1. The molecule has 0 bridgehead atoms. The topological polar surface area (TPSA) is 96.0 Å². The van der Waals surface area contributed by atoms with E-state index >= 15 is 0 Å². The summed E-state index contributed by atoms with van der Waals surface area (Å²) >= 11 is 12.3. The van der Waals surface area contributed by atoms with Gasteiger partial charge in [-0.3, -0.25) is 13.9 Å². The summed E-state index contributed by atoms with van der Waals surface area (Å²) in [5.74, 6) is -0.284. The van der Waals surface area contributed by atoms with E-state index in [9.17, 15) is 18.0 Å². The van der Waals surface area contributed by atoms with Crippen LogP contribution in [0.2, 0.25) is 10.0 Å². The summed E-state index contributed by atoms with van der Waals surface area (Å²) in [5, 5.41) is 2.97. The van der Waals surface area contributed by atoms with Crippen LogP contribution in [0.15, 0.2) is 77.7 Å². The van der Waals surface area contributed by atoms with Crippen molar-refractivity contribution in [1.29, 1.82) is 0 Å². The van der Waals surface area contributed by atoms with Gasteiger partial charge in [-0.2, -0.15) is 0 Å². The normalized spacial score (nSPS) is 11.9. The van der Waals surface area contributed by atoms with Crippen molar-refractivity contribution in [3.05, 3.63) is 88.4 Å². The fourth-order valence-electron chi connectivity index (χ4n) is 3.90. The van der Waals surface area contributed by atoms with Crippen LogP contribution in [0.25, 0.3) is 0 Å². The van der Waals surface area contributed by atoms with Crippen LogP contribution in [0, 0.1) is 0 Å². The fourth-order valence-corrected chi connectivity index (χ4v) is 5.62. The van der Waals surface area contributed by atoms with Crippen LogP contribution in [0.4, 0.5) is 5.69 Å². The lowest BCUT2D eigenvalue weighted by Crippen LogP contribution is -2.51. The molecule has 0 unspecified atom stereocenters. The van der Waals surface area contributed by atoms with E-state index in [2.05, 4.69) is 5.32 Å². The highest BCUT2D eigenvalue weighted by Crippen LogP contribution is 2.31. The Kier molecular flexibility index (Phi) is 10.0. The Morgan fingerprint density at radius 3 is 2.18 bits per heavy atom. The van der Waals surface area contributed by atoms with Crippen LogP contribution in [-0.2, 0) is 26.2 Å². The smallest absolute Gasteiger partial charge is 0.264 e. The molecule has 0 heterocycles. The maximum Gasteiger partial charge on any atom is 0.264 e. The van der Waals surface area contributed by atoms with E-state index in [-0.39, 0.29) is 33.1 Å². The summed E-state index contributed by atoms with van der Waals surface area (Å²) in [6, 6.07) is 18.3. The Balaban J connectivity index is 2.06. The average Bonchev–Trinajstić information content (AvgIpc) is 2.93. The molecule has 0 saturated heterocycles. The van der Waals surface area contributed by atoms with Crippen LogP contribution in [0.3, 0.4) is 0 Å². The third kappa shape index (κ3) is 6.78. The van der Waals surface area contributed by atoms with Crippen LogP contribution >= 0.6 is 23.2 Å². The van der Waals surface area contributed by atoms with Crippen molar-refractivity contribution in [3.8, 4) is 5.75 Å². The zero-order chi connectivity index (χ0) is 27.9. The maximum absolute atomic E-state index is 13.9. The molecule has 0 fully saturated rings. The first-order valence-corrected chi connectivity index (χ1v) is 14.0. The van der Waals surface area contributed by atoms with Gasteiger partial charge in [-0.15, -0.1) is 0 Å². The molecule has 1 atom stereocenters. The van der Waals surface area contributed by atoms with Crippen molar-refractivity contribution in [3.63, 3.8) is 0 Å². The minimum absolute atomic E-state index is 0.00100. The van der Waals surface area contributed by atoms with E-state index in [0.29, 0.717) is 12.2 Å². The molecule has 3 aromatic carbocycles. The number of ether oxygens (including phenoxy) is 1. The van der Waals surface area contributed by atoms with Crippen molar-refractivity contribution >= 4 is 50.7 Å². The number of benzene rings is 3. The third-order valence-corrected chi connectivity index (χ3v) is 8.47. The molecule has 202 valence electrons. The number of likely N-dealkylation sites (N-methyl/N-ethyl adjacent to an activating group) is 1. The molecular formula is C27H29Cl2N3O5S. The van der Waals surface area contributed by atoms with Gasteiger partial charge in [0.1, 0.15) is 18.3 Å². The molecule has 38 heavy (non-hydrogen) atoms. The van der Waals surface area contributed by atoms with Crippen LogP contribution in [0.1, 0.15) is 18.9 Å². The highest BCUT2D eigenvalue weighted by Gasteiger charge is 2.33.